The molecule has 88 valence electrons. The zero-order valence-electron chi connectivity index (χ0n) is 8.78. The molecule has 0 radical (unpaired) electrons. The van der Waals surface area contributed by atoms with Crippen LogP contribution in [0.25, 0.3) is 0 Å². The molecule has 2 fully saturated rings. The third kappa shape index (κ3) is 3.43. The molecule has 2 aliphatic rings. The van der Waals surface area contributed by atoms with Gasteiger partial charge in [-0.15, -0.1) is 0 Å². The summed E-state index contributed by atoms with van der Waals surface area (Å²) in [5, 5.41) is -0.0787. The molecule has 0 atom stereocenters. The lowest BCUT2D eigenvalue weighted by molar-refractivity contribution is 0.366. The van der Waals surface area contributed by atoms with E-state index in [0.717, 1.165) is 25.7 Å². The summed E-state index contributed by atoms with van der Waals surface area (Å²) in [5.41, 5.74) is 0. The zero-order chi connectivity index (χ0) is 10.9. The van der Waals surface area contributed by atoms with Gasteiger partial charge in [0.25, 0.3) is 0 Å². The minimum absolute atomic E-state index is 0.0787. The van der Waals surface area contributed by atoms with Crippen LogP contribution in [-0.2, 0) is 10.0 Å². The summed E-state index contributed by atoms with van der Waals surface area (Å²) in [6, 6.07) is 0. The first-order valence-corrected chi connectivity index (χ1v) is 8.16. The molecular formula is C10H18BrNO2S. The SMILES string of the molecule is O=S(=O)(NCC1CCC(Br)CC1)C1CC1. The van der Waals surface area contributed by atoms with Gasteiger partial charge in [-0.1, -0.05) is 15.9 Å². The van der Waals surface area contributed by atoms with E-state index >= 15 is 0 Å². The molecular weight excluding hydrogens is 278 g/mol. The lowest BCUT2D eigenvalue weighted by atomic mass is 9.89. The Morgan fingerprint density at radius 1 is 1.07 bits per heavy atom. The van der Waals surface area contributed by atoms with Crippen LogP contribution in [0.3, 0.4) is 0 Å². The Morgan fingerprint density at radius 2 is 1.67 bits per heavy atom. The van der Waals surface area contributed by atoms with Crippen molar-refractivity contribution in [1.29, 1.82) is 0 Å². The highest BCUT2D eigenvalue weighted by Crippen LogP contribution is 2.30. The number of sulfonamides is 1. The van der Waals surface area contributed by atoms with Gasteiger partial charge < -0.3 is 0 Å². The van der Waals surface area contributed by atoms with Crippen LogP contribution in [0.4, 0.5) is 0 Å². The van der Waals surface area contributed by atoms with Crippen molar-refractivity contribution in [3.8, 4) is 0 Å². The predicted molar refractivity (Wildman–Crippen MR) is 64.6 cm³/mol. The Kier molecular flexibility index (Phi) is 3.73. The summed E-state index contributed by atoms with van der Waals surface area (Å²) in [6.45, 7) is 0.651. The fraction of sp³-hybridized carbons (Fsp3) is 1.00. The van der Waals surface area contributed by atoms with Crippen LogP contribution in [0.1, 0.15) is 38.5 Å². The Balaban J connectivity index is 1.73. The average molecular weight is 296 g/mol. The molecule has 0 aromatic rings. The smallest absolute Gasteiger partial charge is 0.214 e. The summed E-state index contributed by atoms with van der Waals surface area (Å²) in [7, 11) is -2.96. The van der Waals surface area contributed by atoms with Crippen molar-refractivity contribution in [2.75, 3.05) is 6.54 Å². The summed E-state index contributed by atoms with van der Waals surface area (Å²) >= 11 is 3.60. The highest BCUT2D eigenvalue weighted by atomic mass is 79.9. The minimum atomic E-state index is -2.96. The van der Waals surface area contributed by atoms with Gasteiger partial charge in [0.05, 0.1) is 5.25 Å². The maximum absolute atomic E-state index is 11.6. The molecule has 2 saturated carbocycles. The number of hydrogen-bond acceptors (Lipinski definition) is 2. The molecule has 0 aromatic heterocycles. The standard InChI is InChI=1S/C10H18BrNO2S/c11-9-3-1-8(2-4-9)7-12-15(13,14)10-5-6-10/h8-10,12H,1-7H2. The van der Waals surface area contributed by atoms with Crippen LogP contribution in [0, 0.1) is 5.92 Å². The number of nitrogens with one attached hydrogen (secondary N) is 1. The summed E-state index contributed by atoms with van der Waals surface area (Å²) in [5.74, 6) is 0.548. The van der Waals surface area contributed by atoms with E-state index in [0.29, 0.717) is 17.3 Å². The van der Waals surface area contributed by atoms with Gasteiger partial charge in [-0.05, 0) is 44.4 Å². The first-order chi connectivity index (χ1) is 7.08. The second kappa shape index (κ2) is 4.72. The lowest BCUT2D eigenvalue weighted by Gasteiger charge is -2.25. The quantitative estimate of drug-likeness (QED) is 0.807. The third-order valence-electron chi connectivity index (χ3n) is 3.31. The van der Waals surface area contributed by atoms with E-state index in [1.807, 2.05) is 0 Å². The van der Waals surface area contributed by atoms with Crippen molar-refractivity contribution in [3.05, 3.63) is 0 Å². The van der Waals surface area contributed by atoms with Crippen molar-refractivity contribution in [1.82, 2.24) is 4.72 Å². The van der Waals surface area contributed by atoms with Crippen LogP contribution in [-0.4, -0.2) is 25.0 Å². The van der Waals surface area contributed by atoms with E-state index in [1.165, 1.54) is 12.8 Å². The topological polar surface area (TPSA) is 46.2 Å². The van der Waals surface area contributed by atoms with Crippen LogP contribution < -0.4 is 4.72 Å². The van der Waals surface area contributed by atoms with Crippen LogP contribution in [0.2, 0.25) is 0 Å². The van der Waals surface area contributed by atoms with Crippen molar-refractivity contribution in [2.45, 2.75) is 48.6 Å². The van der Waals surface area contributed by atoms with E-state index in [1.54, 1.807) is 0 Å². The van der Waals surface area contributed by atoms with Crippen LogP contribution >= 0.6 is 15.9 Å². The lowest BCUT2D eigenvalue weighted by Crippen LogP contribution is -2.33. The van der Waals surface area contributed by atoms with Gasteiger partial charge >= 0.3 is 0 Å². The van der Waals surface area contributed by atoms with E-state index in [2.05, 4.69) is 20.7 Å². The largest absolute Gasteiger partial charge is 0.215 e. The Labute approximate surface area is 100 Å². The van der Waals surface area contributed by atoms with Gasteiger partial charge in [0.1, 0.15) is 0 Å². The predicted octanol–water partition coefficient (Wildman–Crippen LogP) is 2.02. The summed E-state index contributed by atoms with van der Waals surface area (Å²) < 4.78 is 25.9. The second-order valence-electron chi connectivity index (χ2n) is 4.71. The molecule has 1 N–H and O–H groups in total. The first kappa shape index (κ1) is 11.9. The minimum Gasteiger partial charge on any atom is -0.215 e. The van der Waals surface area contributed by atoms with Gasteiger partial charge in [0, 0.05) is 11.4 Å². The molecule has 5 heteroatoms. The molecule has 0 spiro atoms. The monoisotopic (exact) mass is 295 g/mol. The molecule has 0 heterocycles. The molecule has 2 aliphatic carbocycles. The maximum atomic E-state index is 11.6. The third-order valence-corrected chi connectivity index (χ3v) is 6.15. The van der Waals surface area contributed by atoms with Gasteiger partial charge in [0.2, 0.25) is 10.0 Å². The van der Waals surface area contributed by atoms with Crippen molar-refractivity contribution in [2.24, 2.45) is 5.92 Å². The van der Waals surface area contributed by atoms with Gasteiger partial charge in [0.15, 0.2) is 0 Å². The molecule has 0 amide bonds. The molecule has 3 nitrogen and oxygen atoms in total. The fourth-order valence-corrected chi connectivity index (χ4v) is 4.05. The van der Waals surface area contributed by atoms with Crippen LogP contribution in [0.15, 0.2) is 0 Å². The van der Waals surface area contributed by atoms with E-state index in [9.17, 15) is 8.42 Å². The van der Waals surface area contributed by atoms with Gasteiger partial charge in [-0.3, -0.25) is 0 Å². The Hall–Kier alpha value is 0.390. The number of rotatable bonds is 4. The maximum Gasteiger partial charge on any atom is 0.214 e. The van der Waals surface area contributed by atoms with Crippen LogP contribution in [0.5, 0.6) is 0 Å². The summed E-state index contributed by atoms with van der Waals surface area (Å²) in [6.07, 6.45) is 6.34. The van der Waals surface area contributed by atoms with Crippen molar-refractivity contribution in [3.63, 3.8) is 0 Å². The molecule has 0 bridgehead atoms. The average Bonchev–Trinajstić information content (AvgIpc) is 3.00. The molecule has 0 unspecified atom stereocenters. The van der Waals surface area contributed by atoms with Gasteiger partial charge in [-0.2, -0.15) is 0 Å². The number of alkyl halides is 1. The highest BCUT2D eigenvalue weighted by molar-refractivity contribution is 9.09. The van der Waals surface area contributed by atoms with Crippen molar-refractivity contribution >= 4 is 26.0 Å². The zero-order valence-corrected chi connectivity index (χ0v) is 11.2. The van der Waals surface area contributed by atoms with Gasteiger partial charge in [-0.25, -0.2) is 13.1 Å². The molecule has 2 rings (SSSR count). The summed E-state index contributed by atoms with van der Waals surface area (Å²) in [4.78, 5) is 0.647. The molecule has 0 saturated heterocycles. The van der Waals surface area contributed by atoms with E-state index < -0.39 is 10.0 Å². The molecule has 0 aliphatic heterocycles. The Morgan fingerprint density at radius 3 is 2.20 bits per heavy atom. The van der Waals surface area contributed by atoms with Crippen molar-refractivity contribution < 1.29 is 8.42 Å². The fourth-order valence-electron chi connectivity index (χ4n) is 2.06. The first-order valence-electron chi connectivity index (χ1n) is 5.70. The normalized spacial score (nSPS) is 32.9. The molecule has 0 aromatic carbocycles. The number of halogens is 1. The van der Waals surface area contributed by atoms with E-state index in [4.69, 9.17) is 0 Å². The highest BCUT2D eigenvalue weighted by Gasteiger charge is 2.35. The molecule has 15 heavy (non-hydrogen) atoms. The number of hydrogen-bond donors (Lipinski definition) is 1. The second-order valence-corrected chi connectivity index (χ2v) is 8.05. The Bertz CT molecular complexity index is 305. The van der Waals surface area contributed by atoms with E-state index in [-0.39, 0.29) is 5.25 Å².